The average molecular weight is 402 g/mol. The highest BCUT2D eigenvalue weighted by atomic mass is 16.2. The van der Waals surface area contributed by atoms with E-state index in [1.54, 1.807) is 17.3 Å². The van der Waals surface area contributed by atoms with E-state index in [4.69, 9.17) is 5.73 Å². The molecule has 6 heteroatoms. The lowest BCUT2D eigenvalue weighted by atomic mass is 10.0. The Morgan fingerprint density at radius 2 is 1.93 bits per heavy atom. The topological polar surface area (TPSA) is 75.4 Å². The van der Waals surface area contributed by atoms with Crippen LogP contribution in [-0.2, 0) is 6.54 Å². The highest BCUT2D eigenvalue weighted by Crippen LogP contribution is 2.29. The van der Waals surface area contributed by atoms with Crippen molar-refractivity contribution in [1.82, 2.24) is 14.9 Å². The standard InChI is InChI=1S/C24H27N5O/c1-5-28(4)22-14-18(19-12-13-26-23(25)15-19)10-11-21(22)24(30)29(6-2)16-20-9-7-8-17(3)27-20/h5,7-15H,1,6,16H2,2-4H3,(H2,25,26). The van der Waals surface area contributed by atoms with Gasteiger partial charge in [0.25, 0.3) is 5.91 Å². The van der Waals surface area contributed by atoms with E-state index >= 15 is 0 Å². The molecule has 0 saturated heterocycles. The second-order valence-electron chi connectivity index (χ2n) is 7.08. The Labute approximate surface area is 177 Å². The van der Waals surface area contributed by atoms with Gasteiger partial charge in [-0.25, -0.2) is 4.98 Å². The maximum atomic E-state index is 13.4. The zero-order valence-corrected chi connectivity index (χ0v) is 17.7. The van der Waals surface area contributed by atoms with Gasteiger partial charge in [0.15, 0.2) is 0 Å². The summed E-state index contributed by atoms with van der Waals surface area (Å²) in [6.45, 7) is 8.81. The smallest absolute Gasteiger partial charge is 0.256 e. The highest BCUT2D eigenvalue weighted by molar-refractivity contribution is 6.01. The molecule has 0 radical (unpaired) electrons. The van der Waals surface area contributed by atoms with Gasteiger partial charge in [-0.05, 0) is 67.6 Å². The maximum absolute atomic E-state index is 13.4. The van der Waals surface area contributed by atoms with Crippen molar-refractivity contribution < 1.29 is 4.79 Å². The summed E-state index contributed by atoms with van der Waals surface area (Å²) in [5.74, 6) is 0.402. The quantitative estimate of drug-likeness (QED) is 0.640. The van der Waals surface area contributed by atoms with Crippen molar-refractivity contribution in [2.45, 2.75) is 20.4 Å². The van der Waals surface area contributed by atoms with Gasteiger partial charge in [0, 0.05) is 25.5 Å². The first-order valence-electron chi connectivity index (χ1n) is 9.86. The first-order valence-corrected chi connectivity index (χ1v) is 9.86. The third-order valence-corrected chi connectivity index (χ3v) is 4.96. The van der Waals surface area contributed by atoms with Crippen LogP contribution in [-0.4, -0.2) is 34.4 Å². The molecule has 154 valence electrons. The molecule has 0 spiro atoms. The number of hydrogen-bond donors (Lipinski definition) is 1. The molecule has 30 heavy (non-hydrogen) atoms. The van der Waals surface area contributed by atoms with Gasteiger partial charge < -0.3 is 15.5 Å². The number of aryl methyl sites for hydroxylation is 1. The maximum Gasteiger partial charge on any atom is 0.256 e. The molecule has 2 N–H and O–H groups in total. The zero-order valence-electron chi connectivity index (χ0n) is 17.7. The summed E-state index contributed by atoms with van der Waals surface area (Å²) in [6.07, 6.45) is 3.36. The molecular weight excluding hydrogens is 374 g/mol. The molecule has 0 bridgehead atoms. The van der Waals surface area contributed by atoms with E-state index in [-0.39, 0.29) is 5.91 Å². The second-order valence-corrected chi connectivity index (χ2v) is 7.08. The molecule has 2 aromatic heterocycles. The number of benzene rings is 1. The summed E-state index contributed by atoms with van der Waals surface area (Å²) in [4.78, 5) is 25.6. The third kappa shape index (κ3) is 4.66. The summed E-state index contributed by atoms with van der Waals surface area (Å²) < 4.78 is 0. The van der Waals surface area contributed by atoms with Crippen molar-refractivity contribution in [3.63, 3.8) is 0 Å². The lowest BCUT2D eigenvalue weighted by Crippen LogP contribution is -2.31. The number of nitrogens with two attached hydrogens (primary N) is 1. The first-order chi connectivity index (χ1) is 14.4. The number of carbonyl (C=O) groups excluding carboxylic acids is 1. The Hall–Kier alpha value is -3.67. The van der Waals surface area contributed by atoms with Crippen LogP contribution in [0, 0.1) is 6.92 Å². The fourth-order valence-corrected chi connectivity index (χ4v) is 3.29. The van der Waals surface area contributed by atoms with Crippen molar-refractivity contribution in [3.05, 3.63) is 84.5 Å². The van der Waals surface area contributed by atoms with Crippen molar-refractivity contribution in [3.8, 4) is 11.1 Å². The number of aromatic nitrogens is 2. The Bertz CT molecular complexity index is 1060. The Balaban J connectivity index is 1.98. The minimum absolute atomic E-state index is 0.0506. The third-order valence-electron chi connectivity index (χ3n) is 4.96. The van der Waals surface area contributed by atoms with Gasteiger partial charge in [0.05, 0.1) is 23.5 Å². The van der Waals surface area contributed by atoms with Crippen LogP contribution in [0.4, 0.5) is 11.5 Å². The summed E-state index contributed by atoms with van der Waals surface area (Å²) in [7, 11) is 1.88. The summed E-state index contributed by atoms with van der Waals surface area (Å²) in [5, 5.41) is 0. The van der Waals surface area contributed by atoms with E-state index in [2.05, 4.69) is 16.5 Å². The SMILES string of the molecule is C=CN(C)c1cc(-c2ccnc(N)c2)ccc1C(=O)N(CC)Cc1cccc(C)n1. The number of carbonyl (C=O) groups is 1. The Morgan fingerprint density at radius 1 is 1.17 bits per heavy atom. The second kappa shape index (κ2) is 9.22. The van der Waals surface area contributed by atoms with Crippen molar-refractivity contribution in [2.75, 3.05) is 24.2 Å². The fourth-order valence-electron chi connectivity index (χ4n) is 3.29. The van der Waals surface area contributed by atoms with Crippen LogP contribution in [0.3, 0.4) is 0 Å². The predicted octanol–water partition coefficient (Wildman–Crippen LogP) is 4.28. The van der Waals surface area contributed by atoms with Gasteiger partial charge in [0.1, 0.15) is 5.82 Å². The van der Waals surface area contributed by atoms with E-state index < -0.39 is 0 Å². The number of amides is 1. The van der Waals surface area contributed by atoms with E-state index in [0.29, 0.717) is 24.5 Å². The average Bonchev–Trinajstić information content (AvgIpc) is 2.76. The van der Waals surface area contributed by atoms with Gasteiger partial charge in [-0.15, -0.1) is 0 Å². The van der Waals surface area contributed by atoms with E-state index in [1.165, 1.54) is 0 Å². The zero-order chi connectivity index (χ0) is 21.7. The summed E-state index contributed by atoms with van der Waals surface area (Å²) >= 11 is 0. The van der Waals surface area contributed by atoms with E-state index in [9.17, 15) is 4.79 Å². The molecule has 0 atom stereocenters. The van der Waals surface area contributed by atoms with E-state index in [0.717, 1.165) is 28.2 Å². The number of nitrogens with zero attached hydrogens (tertiary/aromatic N) is 4. The van der Waals surface area contributed by atoms with Crippen LogP contribution >= 0.6 is 0 Å². The Kier molecular flexibility index (Phi) is 6.47. The lowest BCUT2D eigenvalue weighted by Gasteiger charge is -2.25. The van der Waals surface area contributed by atoms with Crippen molar-refractivity contribution in [2.24, 2.45) is 0 Å². The molecule has 3 aromatic rings. The number of rotatable bonds is 7. The van der Waals surface area contributed by atoms with Gasteiger partial charge in [-0.1, -0.05) is 18.7 Å². The number of anilines is 2. The van der Waals surface area contributed by atoms with Crippen molar-refractivity contribution in [1.29, 1.82) is 0 Å². The molecular formula is C24H27N5O. The van der Waals surface area contributed by atoms with Crippen LogP contribution in [0.5, 0.6) is 0 Å². The molecule has 2 heterocycles. The lowest BCUT2D eigenvalue weighted by molar-refractivity contribution is 0.0751. The Morgan fingerprint density at radius 3 is 2.60 bits per heavy atom. The largest absolute Gasteiger partial charge is 0.384 e. The van der Waals surface area contributed by atoms with Crippen LogP contribution in [0.15, 0.2) is 67.5 Å². The molecule has 3 rings (SSSR count). The molecule has 1 amide bonds. The molecule has 0 aliphatic heterocycles. The molecule has 0 saturated carbocycles. The predicted molar refractivity (Wildman–Crippen MR) is 122 cm³/mol. The molecule has 6 nitrogen and oxygen atoms in total. The molecule has 0 aliphatic carbocycles. The monoisotopic (exact) mass is 401 g/mol. The number of hydrogen-bond acceptors (Lipinski definition) is 5. The summed E-state index contributed by atoms with van der Waals surface area (Å²) in [5.41, 5.74) is 10.9. The van der Waals surface area contributed by atoms with Gasteiger partial charge >= 0.3 is 0 Å². The number of pyridine rings is 2. The van der Waals surface area contributed by atoms with Crippen molar-refractivity contribution >= 4 is 17.4 Å². The minimum atomic E-state index is -0.0506. The van der Waals surface area contributed by atoms with Gasteiger partial charge in [-0.2, -0.15) is 0 Å². The highest BCUT2D eigenvalue weighted by Gasteiger charge is 2.20. The van der Waals surface area contributed by atoms with Gasteiger partial charge in [-0.3, -0.25) is 9.78 Å². The molecule has 0 unspecified atom stereocenters. The van der Waals surface area contributed by atoms with Crippen LogP contribution < -0.4 is 10.6 Å². The molecule has 0 aliphatic rings. The normalized spacial score (nSPS) is 10.5. The van der Waals surface area contributed by atoms with Gasteiger partial charge in [0.2, 0.25) is 0 Å². The van der Waals surface area contributed by atoms with Crippen LogP contribution in [0.2, 0.25) is 0 Å². The van der Waals surface area contributed by atoms with E-state index in [1.807, 2.05) is 74.3 Å². The minimum Gasteiger partial charge on any atom is -0.384 e. The van der Waals surface area contributed by atoms with Crippen LogP contribution in [0.25, 0.3) is 11.1 Å². The number of nitrogen functional groups attached to an aromatic ring is 1. The molecule has 1 aromatic carbocycles. The summed E-state index contributed by atoms with van der Waals surface area (Å²) in [6, 6.07) is 15.3. The molecule has 0 fully saturated rings. The fraction of sp³-hybridized carbons (Fsp3) is 0.208. The van der Waals surface area contributed by atoms with Crippen LogP contribution in [0.1, 0.15) is 28.7 Å². The first kappa shape index (κ1) is 21.0.